The van der Waals surface area contributed by atoms with Gasteiger partial charge in [0.1, 0.15) is 11.4 Å². The second-order valence-electron chi connectivity index (χ2n) is 4.97. The van der Waals surface area contributed by atoms with E-state index in [9.17, 15) is 18.3 Å². The number of nitrogens with one attached hydrogen (secondary N) is 1. The van der Waals surface area contributed by atoms with Crippen molar-refractivity contribution in [1.29, 1.82) is 5.26 Å². The van der Waals surface area contributed by atoms with E-state index in [2.05, 4.69) is 5.32 Å². The summed E-state index contributed by atoms with van der Waals surface area (Å²) >= 11 is 0. The normalized spacial score (nSPS) is 14.2. The maximum absolute atomic E-state index is 13.0. The number of anilines is 1. The van der Waals surface area contributed by atoms with Crippen molar-refractivity contribution in [2.75, 3.05) is 11.9 Å². The number of alkyl halides is 3. The number of halogens is 3. The Labute approximate surface area is 124 Å². The summed E-state index contributed by atoms with van der Waals surface area (Å²) in [6.07, 6.45) is -3.24. The highest BCUT2D eigenvalue weighted by atomic mass is 19.4. The molecule has 2 aromatic rings. The molecule has 0 spiro atoms. The van der Waals surface area contributed by atoms with Gasteiger partial charge in [-0.2, -0.15) is 18.4 Å². The van der Waals surface area contributed by atoms with Crippen LogP contribution in [0.1, 0.15) is 23.8 Å². The van der Waals surface area contributed by atoms with E-state index in [4.69, 9.17) is 9.68 Å². The number of hydrogen-bond acceptors (Lipinski definition) is 4. The first-order chi connectivity index (χ1) is 10.2. The van der Waals surface area contributed by atoms with Crippen LogP contribution in [0, 0.1) is 11.3 Å². The van der Waals surface area contributed by atoms with E-state index >= 15 is 0 Å². The average molecular weight is 310 g/mol. The van der Waals surface area contributed by atoms with E-state index in [0.29, 0.717) is 0 Å². The number of nitriles is 1. The predicted octanol–water partition coefficient (Wildman–Crippen LogP) is 3.49. The Morgan fingerprint density at radius 3 is 2.59 bits per heavy atom. The number of aliphatic hydroxyl groups is 1. The smallest absolute Gasteiger partial charge is 0.418 e. The molecule has 1 aromatic heterocycles. The van der Waals surface area contributed by atoms with E-state index < -0.39 is 17.3 Å². The predicted molar refractivity (Wildman–Crippen MR) is 72.9 cm³/mol. The zero-order chi connectivity index (χ0) is 16.4. The summed E-state index contributed by atoms with van der Waals surface area (Å²) in [5.41, 5.74) is -2.73. The number of rotatable bonds is 4. The van der Waals surface area contributed by atoms with Gasteiger partial charge in [0.15, 0.2) is 0 Å². The molecule has 7 heteroatoms. The largest absolute Gasteiger partial charge is 0.466 e. The summed E-state index contributed by atoms with van der Waals surface area (Å²) in [7, 11) is 0. The van der Waals surface area contributed by atoms with Crippen molar-refractivity contribution in [3.05, 3.63) is 53.5 Å². The Balaban J connectivity index is 2.25. The summed E-state index contributed by atoms with van der Waals surface area (Å²) in [5.74, 6) is 0.238. The van der Waals surface area contributed by atoms with Gasteiger partial charge in [0.25, 0.3) is 0 Å². The van der Waals surface area contributed by atoms with Crippen LogP contribution >= 0.6 is 0 Å². The van der Waals surface area contributed by atoms with Gasteiger partial charge in [0.2, 0.25) is 0 Å². The number of nitrogens with zero attached hydrogens (tertiary/aromatic N) is 1. The van der Waals surface area contributed by atoms with E-state index in [1.165, 1.54) is 31.4 Å². The molecular weight excluding hydrogens is 297 g/mol. The number of furan rings is 1. The summed E-state index contributed by atoms with van der Waals surface area (Å²) in [5, 5.41) is 21.5. The minimum Gasteiger partial charge on any atom is -0.466 e. The first-order valence-electron chi connectivity index (χ1n) is 6.35. The number of hydrogen-bond donors (Lipinski definition) is 2. The first-order valence-corrected chi connectivity index (χ1v) is 6.35. The van der Waals surface area contributed by atoms with E-state index in [1.807, 2.05) is 0 Å². The molecule has 1 aromatic carbocycles. The lowest BCUT2D eigenvalue weighted by Gasteiger charge is -2.23. The Bertz CT molecular complexity index is 686. The number of benzene rings is 1. The molecule has 0 saturated carbocycles. The van der Waals surface area contributed by atoms with Crippen LogP contribution in [-0.2, 0) is 11.8 Å². The maximum atomic E-state index is 13.0. The molecule has 2 rings (SSSR count). The summed E-state index contributed by atoms with van der Waals surface area (Å²) in [6.45, 7) is 1.24. The van der Waals surface area contributed by atoms with Gasteiger partial charge in [-0.1, -0.05) is 0 Å². The fraction of sp³-hybridized carbons (Fsp3) is 0.267. The molecule has 4 nitrogen and oxygen atoms in total. The molecular formula is C15H13F3N2O2. The van der Waals surface area contributed by atoms with Crippen LogP contribution in [0.3, 0.4) is 0 Å². The first kappa shape index (κ1) is 15.9. The maximum Gasteiger partial charge on any atom is 0.418 e. The summed E-state index contributed by atoms with van der Waals surface area (Å²) < 4.78 is 44.1. The zero-order valence-electron chi connectivity index (χ0n) is 11.6. The van der Waals surface area contributed by atoms with Gasteiger partial charge >= 0.3 is 6.18 Å². The van der Waals surface area contributed by atoms with Crippen molar-refractivity contribution in [2.24, 2.45) is 0 Å². The molecule has 1 heterocycles. The van der Waals surface area contributed by atoms with Crippen LogP contribution in [0.15, 0.2) is 41.0 Å². The minimum absolute atomic E-state index is 0.0873. The third-order valence-corrected chi connectivity index (χ3v) is 3.13. The fourth-order valence-corrected chi connectivity index (χ4v) is 1.94. The van der Waals surface area contributed by atoms with E-state index in [-0.39, 0.29) is 23.6 Å². The highest BCUT2D eigenvalue weighted by Gasteiger charge is 2.35. The lowest BCUT2D eigenvalue weighted by Crippen LogP contribution is -2.30. The van der Waals surface area contributed by atoms with Crippen LogP contribution in [0.25, 0.3) is 0 Å². The molecule has 0 amide bonds. The summed E-state index contributed by atoms with van der Waals surface area (Å²) in [6, 6.07) is 7.99. The van der Waals surface area contributed by atoms with Crippen molar-refractivity contribution >= 4 is 5.69 Å². The second-order valence-corrected chi connectivity index (χ2v) is 4.97. The van der Waals surface area contributed by atoms with Gasteiger partial charge in [-0.3, -0.25) is 0 Å². The molecule has 22 heavy (non-hydrogen) atoms. The molecule has 1 atom stereocenters. The van der Waals surface area contributed by atoms with Crippen LogP contribution in [0.4, 0.5) is 18.9 Å². The Morgan fingerprint density at radius 2 is 2.05 bits per heavy atom. The van der Waals surface area contributed by atoms with Crippen LogP contribution < -0.4 is 5.32 Å². The molecule has 1 unspecified atom stereocenters. The van der Waals surface area contributed by atoms with Crippen molar-refractivity contribution in [3.63, 3.8) is 0 Å². The minimum atomic E-state index is -4.61. The standard InChI is InChI=1S/C15H13F3N2O2/c1-14(21,13-3-2-6-22-13)9-20-12-5-4-10(8-19)7-11(12)15(16,17)18/h2-7,20-21H,9H2,1H3. The van der Waals surface area contributed by atoms with Crippen molar-refractivity contribution in [1.82, 2.24) is 0 Å². The highest BCUT2D eigenvalue weighted by Crippen LogP contribution is 2.36. The lowest BCUT2D eigenvalue weighted by molar-refractivity contribution is -0.137. The highest BCUT2D eigenvalue weighted by molar-refractivity contribution is 5.56. The Morgan fingerprint density at radius 1 is 1.32 bits per heavy atom. The van der Waals surface area contributed by atoms with Gasteiger partial charge in [0, 0.05) is 5.69 Å². The molecule has 2 N–H and O–H groups in total. The fourth-order valence-electron chi connectivity index (χ4n) is 1.94. The van der Waals surface area contributed by atoms with Gasteiger partial charge in [0.05, 0.1) is 30.0 Å². The van der Waals surface area contributed by atoms with Gasteiger partial charge in [-0.25, -0.2) is 0 Å². The molecule has 0 saturated heterocycles. The average Bonchev–Trinajstić information content (AvgIpc) is 2.99. The topological polar surface area (TPSA) is 69.2 Å². The molecule has 116 valence electrons. The molecule has 0 aliphatic heterocycles. The quantitative estimate of drug-likeness (QED) is 0.907. The molecule has 0 fully saturated rings. The van der Waals surface area contributed by atoms with E-state index in [0.717, 1.165) is 6.07 Å². The SMILES string of the molecule is CC(O)(CNc1ccc(C#N)cc1C(F)(F)F)c1ccco1. The van der Waals surface area contributed by atoms with Crippen LogP contribution in [-0.4, -0.2) is 11.7 Å². The third kappa shape index (κ3) is 3.40. The van der Waals surface area contributed by atoms with Crippen molar-refractivity contribution < 1.29 is 22.7 Å². The van der Waals surface area contributed by atoms with E-state index in [1.54, 1.807) is 12.1 Å². The van der Waals surface area contributed by atoms with Crippen LogP contribution in [0.2, 0.25) is 0 Å². The van der Waals surface area contributed by atoms with Gasteiger partial charge < -0.3 is 14.8 Å². The second kappa shape index (κ2) is 5.73. The van der Waals surface area contributed by atoms with Gasteiger partial charge in [-0.05, 0) is 37.3 Å². The van der Waals surface area contributed by atoms with Crippen LogP contribution in [0.5, 0.6) is 0 Å². The Kier molecular flexibility index (Phi) is 4.15. The molecule has 0 aliphatic rings. The zero-order valence-corrected chi connectivity index (χ0v) is 11.6. The molecule has 0 aliphatic carbocycles. The lowest BCUT2D eigenvalue weighted by atomic mass is 10.0. The van der Waals surface area contributed by atoms with Gasteiger partial charge in [-0.15, -0.1) is 0 Å². The molecule has 0 bridgehead atoms. The van der Waals surface area contributed by atoms with Crippen molar-refractivity contribution in [3.8, 4) is 6.07 Å². The monoisotopic (exact) mass is 310 g/mol. The van der Waals surface area contributed by atoms with Crippen molar-refractivity contribution in [2.45, 2.75) is 18.7 Å². The summed E-state index contributed by atoms with van der Waals surface area (Å²) in [4.78, 5) is 0. The third-order valence-electron chi connectivity index (χ3n) is 3.13. The molecule has 0 radical (unpaired) electrons. The Hall–Kier alpha value is -2.46.